The second kappa shape index (κ2) is 6.70. The van der Waals surface area contributed by atoms with E-state index in [4.69, 9.17) is 0 Å². The Balaban J connectivity index is 2.74. The highest BCUT2D eigenvalue weighted by Gasteiger charge is 2.11. The third-order valence-electron chi connectivity index (χ3n) is 2.46. The molecule has 1 aromatic rings. The molecule has 0 aliphatic heterocycles. The van der Waals surface area contributed by atoms with E-state index in [0.717, 1.165) is 23.8 Å². The highest BCUT2D eigenvalue weighted by atomic mass is 32.2. The van der Waals surface area contributed by atoms with Crippen LogP contribution in [0.2, 0.25) is 0 Å². The average molecular weight is 240 g/mol. The molecule has 1 aromatic heterocycles. The Kier molecular flexibility index (Phi) is 5.55. The summed E-state index contributed by atoms with van der Waals surface area (Å²) in [5.74, 6) is 2.03. The maximum absolute atomic E-state index is 4.56. The van der Waals surface area contributed by atoms with Gasteiger partial charge in [-0.25, -0.2) is 4.98 Å². The topological polar surface area (TPSA) is 41.1 Å². The minimum atomic E-state index is 0.467. The van der Waals surface area contributed by atoms with Crippen molar-refractivity contribution in [1.29, 1.82) is 0 Å². The van der Waals surface area contributed by atoms with Crippen LogP contribution in [0.3, 0.4) is 0 Å². The largest absolute Gasteiger partial charge is 0.355 e. The van der Waals surface area contributed by atoms with E-state index in [1.54, 1.807) is 6.20 Å². The quantitative estimate of drug-likeness (QED) is 0.813. The van der Waals surface area contributed by atoms with Crippen molar-refractivity contribution in [3.05, 3.63) is 18.1 Å². The Morgan fingerprint density at radius 1 is 1.50 bits per heavy atom. The first kappa shape index (κ1) is 13.3. The van der Waals surface area contributed by atoms with Crippen molar-refractivity contribution in [1.82, 2.24) is 15.3 Å². The van der Waals surface area contributed by atoms with Gasteiger partial charge in [-0.05, 0) is 20.2 Å². The number of thioether (sulfide) groups is 1. The summed E-state index contributed by atoms with van der Waals surface area (Å²) in [6.45, 7) is 2.95. The summed E-state index contributed by atoms with van der Waals surface area (Å²) in [5, 5.41) is 3.08. The third-order valence-corrected chi connectivity index (χ3v) is 3.28. The van der Waals surface area contributed by atoms with Gasteiger partial charge in [0.05, 0.1) is 11.9 Å². The van der Waals surface area contributed by atoms with E-state index in [1.165, 1.54) is 0 Å². The maximum Gasteiger partial charge on any atom is 0.147 e. The third kappa shape index (κ3) is 3.64. The SMILES string of the molecule is CNCc1cncc(N(C)C(C)CSC)n1. The highest BCUT2D eigenvalue weighted by Crippen LogP contribution is 2.13. The van der Waals surface area contributed by atoms with Crippen LogP contribution in [-0.2, 0) is 6.54 Å². The van der Waals surface area contributed by atoms with Crippen molar-refractivity contribution >= 4 is 17.6 Å². The Morgan fingerprint density at radius 2 is 2.25 bits per heavy atom. The molecule has 1 unspecified atom stereocenters. The van der Waals surface area contributed by atoms with Gasteiger partial charge in [-0.2, -0.15) is 11.8 Å². The molecule has 1 atom stereocenters. The van der Waals surface area contributed by atoms with Crippen LogP contribution in [0, 0.1) is 0 Å². The zero-order chi connectivity index (χ0) is 12.0. The molecule has 0 amide bonds. The minimum absolute atomic E-state index is 0.467. The molecule has 90 valence electrons. The number of hydrogen-bond donors (Lipinski definition) is 1. The second-order valence-electron chi connectivity index (χ2n) is 3.81. The molecule has 0 radical (unpaired) electrons. The van der Waals surface area contributed by atoms with Gasteiger partial charge in [-0.15, -0.1) is 0 Å². The zero-order valence-corrected chi connectivity index (χ0v) is 11.2. The fourth-order valence-corrected chi connectivity index (χ4v) is 2.12. The Labute approximate surface area is 102 Å². The van der Waals surface area contributed by atoms with E-state index in [2.05, 4.69) is 40.4 Å². The first-order chi connectivity index (χ1) is 7.69. The maximum atomic E-state index is 4.56. The standard InChI is InChI=1S/C11H20N4S/c1-9(8-16-4)15(3)11-7-13-6-10(14-11)5-12-2/h6-7,9,12H,5,8H2,1-4H3. The van der Waals surface area contributed by atoms with Gasteiger partial charge in [0, 0.05) is 31.6 Å². The summed E-state index contributed by atoms with van der Waals surface area (Å²) in [7, 11) is 3.97. The van der Waals surface area contributed by atoms with Gasteiger partial charge in [-0.1, -0.05) is 0 Å². The lowest BCUT2D eigenvalue weighted by Crippen LogP contribution is -2.31. The van der Waals surface area contributed by atoms with Crippen LogP contribution in [0.5, 0.6) is 0 Å². The summed E-state index contributed by atoms with van der Waals surface area (Å²) in [6, 6.07) is 0.467. The summed E-state index contributed by atoms with van der Waals surface area (Å²) in [6.07, 6.45) is 5.73. The molecular weight excluding hydrogens is 220 g/mol. The Hall–Kier alpha value is -0.810. The number of nitrogens with zero attached hydrogens (tertiary/aromatic N) is 3. The van der Waals surface area contributed by atoms with Gasteiger partial charge in [0.1, 0.15) is 5.82 Å². The van der Waals surface area contributed by atoms with E-state index in [1.807, 2.05) is 25.0 Å². The Morgan fingerprint density at radius 3 is 2.88 bits per heavy atom. The van der Waals surface area contributed by atoms with E-state index in [-0.39, 0.29) is 0 Å². The fraction of sp³-hybridized carbons (Fsp3) is 0.636. The molecule has 0 saturated carbocycles. The molecule has 0 aromatic carbocycles. The second-order valence-corrected chi connectivity index (χ2v) is 4.72. The van der Waals surface area contributed by atoms with Crippen LogP contribution in [0.15, 0.2) is 12.4 Å². The Bertz CT molecular complexity index is 319. The van der Waals surface area contributed by atoms with Crippen molar-refractivity contribution < 1.29 is 0 Å². The number of hydrogen-bond acceptors (Lipinski definition) is 5. The van der Waals surface area contributed by atoms with E-state index >= 15 is 0 Å². The highest BCUT2D eigenvalue weighted by molar-refractivity contribution is 7.98. The molecule has 1 N–H and O–H groups in total. The van der Waals surface area contributed by atoms with Crippen LogP contribution >= 0.6 is 11.8 Å². The number of nitrogens with one attached hydrogen (secondary N) is 1. The van der Waals surface area contributed by atoms with Crippen molar-refractivity contribution in [3.63, 3.8) is 0 Å². The predicted octanol–water partition coefficient (Wildman–Crippen LogP) is 1.38. The normalized spacial score (nSPS) is 12.5. The van der Waals surface area contributed by atoms with Gasteiger partial charge < -0.3 is 10.2 Å². The number of aromatic nitrogens is 2. The number of anilines is 1. The molecule has 5 heteroatoms. The lowest BCUT2D eigenvalue weighted by Gasteiger charge is -2.25. The van der Waals surface area contributed by atoms with Crippen LogP contribution in [-0.4, -0.2) is 42.1 Å². The van der Waals surface area contributed by atoms with Crippen LogP contribution in [0.25, 0.3) is 0 Å². The predicted molar refractivity (Wildman–Crippen MR) is 71.0 cm³/mol. The summed E-state index contributed by atoms with van der Waals surface area (Å²) in [5.41, 5.74) is 0.975. The molecule has 1 heterocycles. The molecule has 0 fully saturated rings. The lowest BCUT2D eigenvalue weighted by atomic mass is 10.3. The molecule has 0 spiro atoms. The molecule has 4 nitrogen and oxygen atoms in total. The molecule has 0 aliphatic rings. The van der Waals surface area contributed by atoms with Crippen LogP contribution < -0.4 is 10.2 Å². The van der Waals surface area contributed by atoms with Crippen molar-refractivity contribution in [2.75, 3.05) is 31.0 Å². The van der Waals surface area contributed by atoms with Gasteiger partial charge in [0.2, 0.25) is 0 Å². The van der Waals surface area contributed by atoms with E-state index < -0.39 is 0 Å². The average Bonchev–Trinajstić information content (AvgIpc) is 2.29. The van der Waals surface area contributed by atoms with Gasteiger partial charge >= 0.3 is 0 Å². The monoisotopic (exact) mass is 240 g/mol. The fourth-order valence-electron chi connectivity index (χ4n) is 1.41. The van der Waals surface area contributed by atoms with Gasteiger partial charge in [-0.3, -0.25) is 4.98 Å². The van der Waals surface area contributed by atoms with E-state index in [0.29, 0.717) is 6.04 Å². The molecule has 0 aliphatic carbocycles. The molecule has 0 bridgehead atoms. The van der Waals surface area contributed by atoms with Gasteiger partial charge in [0.25, 0.3) is 0 Å². The first-order valence-electron chi connectivity index (χ1n) is 5.36. The summed E-state index contributed by atoms with van der Waals surface area (Å²) in [4.78, 5) is 10.9. The zero-order valence-electron chi connectivity index (χ0n) is 10.4. The lowest BCUT2D eigenvalue weighted by molar-refractivity contribution is 0.733. The molecule has 0 saturated heterocycles. The first-order valence-corrected chi connectivity index (χ1v) is 6.75. The van der Waals surface area contributed by atoms with E-state index in [9.17, 15) is 0 Å². The van der Waals surface area contributed by atoms with Crippen LogP contribution in [0.4, 0.5) is 5.82 Å². The summed E-state index contributed by atoms with van der Waals surface area (Å²) >= 11 is 1.84. The number of rotatable bonds is 6. The smallest absolute Gasteiger partial charge is 0.147 e. The van der Waals surface area contributed by atoms with Crippen molar-refractivity contribution in [2.45, 2.75) is 19.5 Å². The van der Waals surface area contributed by atoms with Gasteiger partial charge in [0.15, 0.2) is 0 Å². The minimum Gasteiger partial charge on any atom is -0.355 e. The molecule has 16 heavy (non-hydrogen) atoms. The van der Waals surface area contributed by atoms with Crippen molar-refractivity contribution in [2.24, 2.45) is 0 Å². The van der Waals surface area contributed by atoms with Crippen molar-refractivity contribution in [3.8, 4) is 0 Å². The van der Waals surface area contributed by atoms with Crippen LogP contribution in [0.1, 0.15) is 12.6 Å². The molecule has 1 rings (SSSR count). The summed E-state index contributed by atoms with van der Waals surface area (Å²) < 4.78 is 0. The molecular formula is C11H20N4S.